The molecule has 1 saturated heterocycles. The number of hydrogen-bond donors (Lipinski definition) is 3. The highest BCUT2D eigenvalue weighted by atomic mass is 19.4. The van der Waals surface area contributed by atoms with E-state index in [0.29, 0.717) is 38.0 Å². The van der Waals surface area contributed by atoms with Crippen molar-refractivity contribution in [3.8, 4) is 17.1 Å². The molecule has 4 heterocycles. The number of amides is 2. The van der Waals surface area contributed by atoms with Crippen molar-refractivity contribution in [1.82, 2.24) is 30.2 Å². The lowest BCUT2D eigenvalue weighted by molar-refractivity contribution is -0.137. The highest BCUT2D eigenvalue weighted by Gasteiger charge is 2.43. The summed E-state index contributed by atoms with van der Waals surface area (Å²) in [5.41, 5.74) is 0.464. The van der Waals surface area contributed by atoms with E-state index in [9.17, 15) is 23.1 Å². The van der Waals surface area contributed by atoms with E-state index >= 15 is 0 Å². The standard InChI is InChI=1S/C33H36F3N9O3/c1-32(47)19-44(20-32)28-26(33(34,35)36)18-38-29(43-28)42-24-9-11-25(12-10-24)45(31(46)41-14-21-6-4-3-5-7-21)27-13-8-22(15-37-27)23-16-39-30(48-2)40-17-23/h3-8,13,15-18,24-25,47H,9-12,14,19-20H2,1-2H3,(H,41,46)(H,38,42,43)/t24-,25-. The van der Waals surface area contributed by atoms with E-state index in [4.69, 9.17) is 4.74 Å². The third kappa shape index (κ3) is 7.56. The molecule has 2 amide bonds. The lowest BCUT2D eigenvalue weighted by Gasteiger charge is -2.45. The van der Waals surface area contributed by atoms with Gasteiger partial charge in [-0.15, -0.1) is 0 Å². The molecule has 12 nitrogen and oxygen atoms in total. The summed E-state index contributed by atoms with van der Waals surface area (Å²) >= 11 is 0. The summed E-state index contributed by atoms with van der Waals surface area (Å²) in [5.74, 6) is 0.318. The van der Waals surface area contributed by atoms with Crippen LogP contribution in [0.1, 0.15) is 43.7 Å². The molecular weight excluding hydrogens is 627 g/mol. The molecule has 2 aliphatic rings. The first-order chi connectivity index (χ1) is 23.0. The van der Waals surface area contributed by atoms with Crippen molar-refractivity contribution >= 4 is 23.6 Å². The van der Waals surface area contributed by atoms with Gasteiger partial charge in [-0.05, 0) is 50.3 Å². The van der Waals surface area contributed by atoms with Crippen LogP contribution < -0.4 is 25.2 Å². The average Bonchev–Trinajstić information content (AvgIpc) is 3.07. The number of alkyl halides is 3. The number of carbonyl (C=O) groups excluding carboxylic acids is 1. The van der Waals surface area contributed by atoms with Crippen molar-refractivity contribution in [2.75, 3.05) is 35.3 Å². The molecule has 1 saturated carbocycles. The van der Waals surface area contributed by atoms with Gasteiger partial charge in [0.1, 0.15) is 17.2 Å². The van der Waals surface area contributed by atoms with Crippen molar-refractivity contribution in [3.05, 3.63) is 78.4 Å². The number of carbonyl (C=O) groups is 1. The number of methoxy groups -OCH3 is 1. The zero-order chi connectivity index (χ0) is 33.9. The Morgan fingerprint density at radius 1 is 0.979 bits per heavy atom. The van der Waals surface area contributed by atoms with Gasteiger partial charge >= 0.3 is 18.2 Å². The molecule has 1 aliphatic heterocycles. The summed E-state index contributed by atoms with van der Waals surface area (Å²) in [5, 5.41) is 16.3. The first-order valence-corrected chi connectivity index (χ1v) is 15.6. The Hall–Kier alpha value is -5.05. The molecule has 1 aromatic carbocycles. The minimum absolute atomic E-state index is 0.0443. The normalized spacial score (nSPS) is 18.8. The van der Waals surface area contributed by atoms with E-state index in [2.05, 4.69) is 35.6 Å². The molecule has 3 aromatic heterocycles. The van der Waals surface area contributed by atoms with Crippen LogP contribution in [0.25, 0.3) is 11.1 Å². The van der Waals surface area contributed by atoms with Crippen molar-refractivity contribution in [2.24, 2.45) is 0 Å². The number of pyridine rings is 1. The molecule has 0 unspecified atom stereocenters. The van der Waals surface area contributed by atoms with Gasteiger partial charge in [0.15, 0.2) is 0 Å². The minimum atomic E-state index is -4.63. The SMILES string of the molecule is COc1ncc(-c2ccc(N(C(=O)NCc3ccccc3)[C@H]3CC[C@H](Nc4ncc(C(F)(F)F)c(N5CC(C)(O)C5)n4)CC3)nc2)cn1. The van der Waals surface area contributed by atoms with Gasteiger partial charge in [-0.25, -0.2) is 24.7 Å². The molecule has 0 bridgehead atoms. The Morgan fingerprint density at radius 3 is 2.27 bits per heavy atom. The number of nitrogens with zero attached hydrogens (tertiary/aromatic N) is 7. The second-order valence-corrected chi connectivity index (χ2v) is 12.3. The maximum absolute atomic E-state index is 13.7. The first kappa shape index (κ1) is 32.9. The fraction of sp³-hybridized carbons (Fsp3) is 0.394. The van der Waals surface area contributed by atoms with Gasteiger partial charge < -0.3 is 25.4 Å². The highest BCUT2D eigenvalue weighted by Crippen LogP contribution is 2.39. The monoisotopic (exact) mass is 663 g/mol. The molecule has 4 aromatic rings. The number of anilines is 3. The predicted octanol–water partition coefficient (Wildman–Crippen LogP) is 5.07. The largest absolute Gasteiger partial charge is 0.467 e. The molecule has 6 rings (SSSR count). The number of ether oxygens (including phenoxy) is 1. The Labute approximate surface area is 275 Å². The number of β-amino-alcohol motifs (C(OH)–C–C–N with tert-alkyl or cyclic N) is 1. The van der Waals surface area contributed by atoms with Crippen LogP contribution in [0.15, 0.2) is 67.3 Å². The number of aromatic nitrogens is 5. The maximum Gasteiger partial charge on any atom is 0.421 e. The summed E-state index contributed by atoms with van der Waals surface area (Å²) in [4.78, 5) is 37.9. The van der Waals surface area contributed by atoms with E-state index < -0.39 is 17.3 Å². The van der Waals surface area contributed by atoms with Gasteiger partial charge in [-0.2, -0.15) is 18.2 Å². The van der Waals surface area contributed by atoms with Crippen LogP contribution in [0.2, 0.25) is 0 Å². The Bertz CT molecular complexity index is 1690. The zero-order valence-electron chi connectivity index (χ0n) is 26.5. The lowest BCUT2D eigenvalue weighted by atomic mass is 9.90. The first-order valence-electron chi connectivity index (χ1n) is 15.6. The molecular formula is C33H36F3N9O3. The second-order valence-electron chi connectivity index (χ2n) is 12.3. The number of urea groups is 1. The highest BCUT2D eigenvalue weighted by molar-refractivity contribution is 5.91. The Morgan fingerprint density at radius 2 is 1.67 bits per heavy atom. The van der Waals surface area contributed by atoms with E-state index in [-0.39, 0.29) is 49.0 Å². The lowest BCUT2D eigenvalue weighted by Crippen LogP contribution is -2.60. The van der Waals surface area contributed by atoms with Gasteiger partial charge in [0.25, 0.3) is 0 Å². The van der Waals surface area contributed by atoms with E-state index in [1.807, 2.05) is 36.4 Å². The van der Waals surface area contributed by atoms with Crippen LogP contribution in [0.3, 0.4) is 0 Å². The van der Waals surface area contributed by atoms with Gasteiger partial charge in [0, 0.05) is 67.6 Å². The Balaban J connectivity index is 1.16. The third-order valence-corrected chi connectivity index (χ3v) is 8.48. The van der Waals surface area contributed by atoms with Crippen molar-refractivity contribution in [1.29, 1.82) is 0 Å². The molecule has 3 N–H and O–H groups in total. The van der Waals surface area contributed by atoms with Crippen LogP contribution in [-0.4, -0.2) is 73.9 Å². The van der Waals surface area contributed by atoms with Crippen LogP contribution >= 0.6 is 0 Å². The number of hydrogen-bond acceptors (Lipinski definition) is 10. The van der Waals surface area contributed by atoms with Crippen LogP contribution in [0.4, 0.5) is 35.5 Å². The zero-order valence-corrected chi connectivity index (χ0v) is 26.5. The van der Waals surface area contributed by atoms with E-state index in [1.54, 1.807) is 36.5 Å². The fourth-order valence-electron chi connectivity index (χ4n) is 6.06. The van der Waals surface area contributed by atoms with Gasteiger partial charge in [-0.1, -0.05) is 30.3 Å². The van der Waals surface area contributed by atoms with E-state index in [0.717, 1.165) is 22.9 Å². The molecule has 0 radical (unpaired) electrons. The summed E-state index contributed by atoms with van der Waals surface area (Å²) in [7, 11) is 1.49. The summed E-state index contributed by atoms with van der Waals surface area (Å²) in [6, 6.07) is 12.9. The number of halogens is 3. The van der Waals surface area contributed by atoms with Crippen LogP contribution in [-0.2, 0) is 12.7 Å². The predicted molar refractivity (Wildman–Crippen MR) is 173 cm³/mol. The molecule has 2 fully saturated rings. The smallest absolute Gasteiger partial charge is 0.421 e. The molecule has 252 valence electrons. The van der Waals surface area contributed by atoms with Gasteiger partial charge in [0.2, 0.25) is 5.95 Å². The Kier molecular flexibility index (Phi) is 9.31. The van der Waals surface area contributed by atoms with Crippen LogP contribution in [0.5, 0.6) is 6.01 Å². The fourth-order valence-corrected chi connectivity index (χ4v) is 6.06. The minimum Gasteiger partial charge on any atom is -0.467 e. The molecule has 15 heteroatoms. The average molecular weight is 664 g/mol. The van der Waals surface area contributed by atoms with Crippen molar-refractivity contribution < 1.29 is 27.8 Å². The number of aliphatic hydroxyl groups is 1. The second kappa shape index (κ2) is 13.6. The van der Waals surface area contributed by atoms with Gasteiger partial charge in [0.05, 0.1) is 12.7 Å². The van der Waals surface area contributed by atoms with Crippen molar-refractivity contribution in [2.45, 2.75) is 63.0 Å². The summed E-state index contributed by atoms with van der Waals surface area (Å²) in [6.45, 7) is 2.00. The number of rotatable bonds is 9. The number of benzene rings is 1. The molecule has 48 heavy (non-hydrogen) atoms. The molecule has 0 atom stereocenters. The molecule has 0 spiro atoms. The third-order valence-electron chi connectivity index (χ3n) is 8.48. The van der Waals surface area contributed by atoms with Gasteiger partial charge in [-0.3, -0.25) is 4.90 Å². The van der Waals surface area contributed by atoms with E-state index in [1.165, 1.54) is 12.0 Å². The summed E-state index contributed by atoms with van der Waals surface area (Å²) in [6.07, 6.45) is 3.54. The maximum atomic E-state index is 13.7. The van der Waals surface area contributed by atoms with Crippen molar-refractivity contribution in [3.63, 3.8) is 0 Å². The molecule has 1 aliphatic carbocycles. The summed E-state index contributed by atoms with van der Waals surface area (Å²) < 4.78 is 46.2. The quantitative estimate of drug-likeness (QED) is 0.222. The van der Waals surface area contributed by atoms with Crippen LogP contribution in [0, 0.1) is 0 Å². The number of nitrogens with one attached hydrogen (secondary N) is 2. The topological polar surface area (TPSA) is 142 Å².